The highest BCUT2D eigenvalue weighted by Crippen LogP contribution is 2.19. The highest BCUT2D eigenvalue weighted by atomic mass is 16.5. The summed E-state index contributed by atoms with van der Waals surface area (Å²) in [6.07, 6.45) is 0. The van der Waals surface area contributed by atoms with Crippen LogP contribution in [0.2, 0.25) is 0 Å². The molecule has 3 aromatic rings. The SMILES string of the molecule is COCC(=O)n1nc(-c2ccc(C)cc2)nc1NCc1ccccc1. The van der Waals surface area contributed by atoms with E-state index in [1.54, 1.807) is 0 Å². The van der Waals surface area contributed by atoms with Crippen LogP contribution in [0.1, 0.15) is 15.9 Å². The molecule has 0 aliphatic carbocycles. The van der Waals surface area contributed by atoms with Crippen molar-refractivity contribution in [2.24, 2.45) is 0 Å². The average Bonchev–Trinajstić information content (AvgIpc) is 3.06. The minimum absolute atomic E-state index is 0.0588. The summed E-state index contributed by atoms with van der Waals surface area (Å²) < 4.78 is 6.21. The number of nitrogens with one attached hydrogen (secondary N) is 1. The van der Waals surface area contributed by atoms with Crippen LogP contribution in [0.15, 0.2) is 54.6 Å². The van der Waals surface area contributed by atoms with E-state index in [0.29, 0.717) is 18.3 Å². The average molecular weight is 336 g/mol. The van der Waals surface area contributed by atoms with Gasteiger partial charge < -0.3 is 10.1 Å². The second kappa shape index (κ2) is 7.72. The van der Waals surface area contributed by atoms with E-state index in [0.717, 1.165) is 16.7 Å². The Morgan fingerprint density at radius 1 is 1.12 bits per heavy atom. The molecular formula is C19H20N4O2. The number of carbonyl (C=O) groups excluding carboxylic acids is 1. The molecule has 6 nitrogen and oxygen atoms in total. The maximum Gasteiger partial charge on any atom is 0.276 e. The zero-order valence-corrected chi connectivity index (χ0v) is 14.3. The van der Waals surface area contributed by atoms with E-state index >= 15 is 0 Å². The number of benzene rings is 2. The third-order valence-corrected chi connectivity index (χ3v) is 3.71. The van der Waals surface area contributed by atoms with Crippen molar-refractivity contribution >= 4 is 11.9 Å². The molecule has 0 aliphatic heterocycles. The van der Waals surface area contributed by atoms with Gasteiger partial charge in [-0.3, -0.25) is 4.79 Å². The monoisotopic (exact) mass is 336 g/mol. The molecule has 25 heavy (non-hydrogen) atoms. The zero-order chi connectivity index (χ0) is 17.6. The van der Waals surface area contributed by atoms with Crippen LogP contribution in [0, 0.1) is 6.92 Å². The van der Waals surface area contributed by atoms with Gasteiger partial charge in [0, 0.05) is 19.2 Å². The summed E-state index contributed by atoms with van der Waals surface area (Å²) in [4.78, 5) is 16.8. The third kappa shape index (κ3) is 4.10. The normalized spacial score (nSPS) is 10.6. The van der Waals surface area contributed by atoms with Crippen LogP contribution in [0.4, 0.5) is 5.95 Å². The first-order chi connectivity index (χ1) is 12.2. The molecule has 1 aromatic heterocycles. The minimum Gasteiger partial charge on any atom is -0.375 e. The highest BCUT2D eigenvalue weighted by Gasteiger charge is 2.17. The second-order valence-corrected chi connectivity index (χ2v) is 5.70. The fourth-order valence-corrected chi connectivity index (χ4v) is 2.39. The molecule has 0 fully saturated rings. The van der Waals surface area contributed by atoms with Gasteiger partial charge in [-0.05, 0) is 12.5 Å². The van der Waals surface area contributed by atoms with E-state index in [1.165, 1.54) is 11.8 Å². The lowest BCUT2D eigenvalue weighted by Crippen LogP contribution is -2.20. The van der Waals surface area contributed by atoms with Crippen molar-refractivity contribution in [3.05, 3.63) is 65.7 Å². The number of anilines is 1. The minimum atomic E-state index is -0.274. The summed E-state index contributed by atoms with van der Waals surface area (Å²) in [7, 11) is 1.48. The molecule has 0 atom stereocenters. The van der Waals surface area contributed by atoms with Crippen LogP contribution in [0.3, 0.4) is 0 Å². The van der Waals surface area contributed by atoms with E-state index < -0.39 is 0 Å². The fourth-order valence-electron chi connectivity index (χ4n) is 2.39. The van der Waals surface area contributed by atoms with E-state index in [-0.39, 0.29) is 12.5 Å². The quantitative estimate of drug-likeness (QED) is 0.749. The summed E-state index contributed by atoms with van der Waals surface area (Å²) in [6, 6.07) is 17.8. The van der Waals surface area contributed by atoms with Crippen molar-refractivity contribution in [2.45, 2.75) is 13.5 Å². The molecule has 128 valence electrons. The number of aryl methyl sites for hydroxylation is 1. The number of methoxy groups -OCH3 is 1. The van der Waals surface area contributed by atoms with Gasteiger partial charge in [0.05, 0.1) is 0 Å². The van der Waals surface area contributed by atoms with Gasteiger partial charge in [-0.25, -0.2) is 0 Å². The van der Waals surface area contributed by atoms with Gasteiger partial charge in [-0.15, -0.1) is 5.10 Å². The van der Waals surface area contributed by atoms with Crippen molar-refractivity contribution in [1.29, 1.82) is 0 Å². The maximum atomic E-state index is 12.3. The van der Waals surface area contributed by atoms with E-state index in [1.807, 2.05) is 61.5 Å². The molecule has 1 heterocycles. The summed E-state index contributed by atoms with van der Waals surface area (Å²) >= 11 is 0. The molecule has 1 N–H and O–H groups in total. The summed E-state index contributed by atoms with van der Waals surface area (Å²) in [5.74, 6) is 0.630. The lowest BCUT2D eigenvalue weighted by molar-refractivity contribution is 0.0748. The summed E-state index contributed by atoms with van der Waals surface area (Å²) in [6.45, 7) is 2.51. The van der Waals surface area contributed by atoms with Crippen LogP contribution in [0.25, 0.3) is 11.4 Å². The largest absolute Gasteiger partial charge is 0.375 e. The molecule has 0 aliphatic rings. The Kier molecular flexibility index (Phi) is 5.20. The molecule has 0 bridgehead atoms. The van der Waals surface area contributed by atoms with Crippen LogP contribution in [-0.4, -0.2) is 34.4 Å². The first-order valence-electron chi connectivity index (χ1n) is 8.01. The summed E-state index contributed by atoms with van der Waals surface area (Å²) in [5.41, 5.74) is 3.10. The third-order valence-electron chi connectivity index (χ3n) is 3.71. The number of carbonyl (C=O) groups is 1. The van der Waals surface area contributed by atoms with Crippen LogP contribution in [0.5, 0.6) is 0 Å². The van der Waals surface area contributed by atoms with Gasteiger partial charge in [0.2, 0.25) is 5.95 Å². The van der Waals surface area contributed by atoms with Crippen LogP contribution in [-0.2, 0) is 11.3 Å². The molecule has 6 heteroatoms. The molecule has 0 radical (unpaired) electrons. The van der Waals surface area contributed by atoms with Crippen LogP contribution >= 0.6 is 0 Å². The maximum absolute atomic E-state index is 12.3. The van der Waals surface area contributed by atoms with Gasteiger partial charge in [-0.2, -0.15) is 9.67 Å². The molecule has 0 amide bonds. The number of nitrogens with zero attached hydrogens (tertiary/aromatic N) is 3. The molecule has 0 saturated carbocycles. The van der Waals surface area contributed by atoms with Gasteiger partial charge in [0.1, 0.15) is 6.61 Å². The highest BCUT2D eigenvalue weighted by molar-refractivity contribution is 5.82. The number of hydrogen-bond acceptors (Lipinski definition) is 5. The standard InChI is InChI=1S/C19H20N4O2/c1-14-8-10-16(11-9-14)18-21-19(23(22-18)17(24)13-25-2)20-12-15-6-4-3-5-7-15/h3-11H,12-13H2,1-2H3,(H,20,21,22). The Morgan fingerprint density at radius 3 is 2.52 bits per heavy atom. The smallest absolute Gasteiger partial charge is 0.276 e. The number of rotatable bonds is 6. The molecule has 0 unspecified atom stereocenters. The Bertz CT molecular complexity index is 842. The first kappa shape index (κ1) is 16.9. The molecule has 3 rings (SSSR count). The number of aromatic nitrogens is 3. The van der Waals surface area contributed by atoms with Gasteiger partial charge >= 0.3 is 0 Å². The van der Waals surface area contributed by atoms with E-state index in [2.05, 4.69) is 15.4 Å². The van der Waals surface area contributed by atoms with Crippen molar-refractivity contribution < 1.29 is 9.53 Å². The summed E-state index contributed by atoms with van der Waals surface area (Å²) in [5, 5.41) is 7.54. The first-order valence-corrected chi connectivity index (χ1v) is 8.01. The Hall–Kier alpha value is -2.99. The Labute approximate surface area is 146 Å². The van der Waals surface area contributed by atoms with Gasteiger partial charge in [-0.1, -0.05) is 60.2 Å². The zero-order valence-electron chi connectivity index (χ0n) is 14.3. The topological polar surface area (TPSA) is 69.0 Å². The lowest BCUT2D eigenvalue weighted by Gasteiger charge is -2.06. The number of hydrogen-bond donors (Lipinski definition) is 1. The van der Waals surface area contributed by atoms with Crippen molar-refractivity contribution in [3.63, 3.8) is 0 Å². The fraction of sp³-hybridized carbons (Fsp3) is 0.211. The Balaban J connectivity index is 1.88. The predicted molar refractivity (Wildman–Crippen MR) is 96.5 cm³/mol. The van der Waals surface area contributed by atoms with E-state index in [4.69, 9.17) is 4.74 Å². The molecule has 0 spiro atoms. The molecular weight excluding hydrogens is 316 g/mol. The predicted octanol–water partition coefficient (Wildman–Crippen LogP) is 3.15. The van der Waals surface area contributed by atoms with Crippen molar-refractivity contribution in [2.75, 3.05) is 19.0 Å². The van der Waals surface area contributed by atoms with Gasteiger partial charge in [0.15, 0.2) is 5.82 Å². The van der Waals surface area contributed by atoms with Crippen LogP contribution < -0.4 is 5.32 Å². The molecule has 2 aromatic carbocycles. The number of ether oxygens (including phenoxy) is 1. The van der Waals surface area contributed by atoms with E-state index in [9.17, 15) is 4.79 Å². The molecule has 0 saturated heterocycles. The van der Waals surface area contributed by atoms with Crippen molar-refractivity contribution in [1.82, 2.24) is 14.8 Å². The lowest BCUT2D eigenvalue weighted by atomic mass is 10.1. The second-order valence-electron chi connectivity index (χ2n) is 5.70. The van der Waals surface area contributed by atoms with Crippen molar-refractivity contribution in [3.8, 4) is 11.4 Å². The Morgan fingerprint density at radius 2 is 1.84 bits per heavy atom. The van der Waals surface area contributed by atoms with Gasteiger partial charge in [0.25, 0.3) is 5.91 Å².